The average molecular weight is 456 g/mol. The highest BCUT2D eigenvalue weighted by molar-refractivity contribution is 5.72. The summed E-state index contributed by atoms with van der Waals surface area (Å²) in [5.74, 6) is 1.65. The van der Waals surface area contributed by atoms with Crippen molar-refractivity contribution in [1.82, 2.24) is 15.0 Å². The van der Waals surface area contributed by atoms with Crippen LogP contribution < -0.4 is 15.0 Å². The van der Waals surface area contributed by atoms with E-state index in [4.69, 9.17) is 9.47 Å². The maximum atomic E-state index is 12.6. The number of hydrogen-bond acceptors (Lipinski definition) is 7. The van der Waals surface area contributed by atoms with Crippen molar-refractivity contribution in [2.24, 2.45) is 0 Å². The summed E-state index contributed by atoms with van der Waals surface area (Å²) in [6.07, 6.45) is 0.972. The molecule has 0 radical (unpaired) electrons. The Morgan fingerprint density at radius 2 is 1.82 bits per heavy atom. The van der Waals surface area contributed by atoms with Crippen LogP contribution in [0.4, 0.5) is 26.2 Å². The van der Waals surface area contributed by atoms with Crippen LogP contribution in [-0.4, -0.2) is 53.8 Å². The molecule has 9 heteroatoms. The van der Waals surface area contributed by atoms with E-state index in [1.165, 1.54) is 0 Å². The molecular formula is C24H27F2N5O2. The van der Waals surface area contributed by atoms with E-state index in [-0.39, 0.29) is 18.6 Å². The van der Waals surface area contributed by atoms with Gasteiger partial charge in [-0.2, -0.15) is 4.98 Å². The summed E-state index contributed by atoms with van der Waals surface area (Å²) in [6.45, 7) is 5.51. The first kappa shape index (κ1) is 22.8. The second-order valence-corrected chi connectivity index (χ2v) is 8.10. The lowest BCUT2D eigenvalue weighted by molar-refractivity contribution is -0.00571. The van der Waals surface area contributed by atoms with Crippen LogP contribution >= 0.6 is 0 Å². The monoisotopic (exact) mass is 455 g/mol. The molecule has 0 saturated carbocycles. The fourth-order valence-electron chi connectivity index (χ4n) is 3.92. The van der Waals surface area contributed by atoms with Crippen LogP contribution in [0.1, 0.15) is 19.4 Å². The van der Waals surface area contributed by atoms with Gasteiger partial charge in [0.05, 0.1) is 19.3 Å². The summed E-state index contributed by atoms with van der Waals surface area (Å²) >= 11 is 0. The SMILES string of the molecule is COc1ncc(-c2ccc(CC(F)F)cc2)cc1Nc1ccnc(N2C[C@@H](C)O[C@@H](C)C2)n1. The minimum Gasteiger partial charge on any atom is -0.480 e. The molecule has 1 aliphatic rings. The first-order valence-corrected chi connectivity index (χ1v) is 10.8. The molecule has 0 spiro atoms. The molecule has 2 atom stereocenters. The first-order valence-electron chi connectivity index (χ1n) is 10.8. The van der Waals surface area contributed by atoms with Crippen molar-refractivity contribution >= 4 is 17.5 Å². The third kappa shape index (κ3) is 5.73. The number of halogens is 2. The zero-order valence-electron chi connectivity index (χ0n) is 18.8. The molecule has 1 aromatic carbocycles. The molecule has 1 saturated heterocycles. The molecule has 33 heavy (non-hydrogen) atoms. The van der Waals surface area contributed by atoms with Gasteiger partial charge in [0.1, 0.15) is 11.5 Å². The molecule has 7 nitrogen and oxygen atoms in total. The summed E-state index contributed by atoms with van der Waals surface area (Å²) in [7, 11) is 1.55. The van der Waals surface area contributed by atoms with Crippen molar-refractivity contribution in [3.05, 3.63) is 54.4 Å². The van der Waals surface area contributed by atoms with Crippen molar-refractivity contribution < 1.29 is 18.3 Å². The number of methoxy groups -OCH3 is 1. The quantitative estimate of drug-likeness (QED) is 0.553. The van der Waals surface area contributed by atoms with E-state index in [0.717, 1.165) is 24.2 Å². The van der Waals surface area contributed by atoms with Gasteiger partial charge in [-0.15, -0.1) is 0 Å². The van der Waals surface area contributed by atoms with Crippen molar-refractivity contribution in [2.45, 2.75) is 38.9 Å². The number of nitrogens with one attached hydrogen (secondary N) is 1. The minimum absolute atomic E-state index is 0.0991. The van der Waals surface area contributed by atoms with E-state index in [9.17, 15) is 8.78 Å². The summed E-state index contributed by atoms with van der Waals surface area (Å²) in [5, 5.41) is 3.28. The molecule has 0 bridgehead atoms. The zero-order valence-corrected chi connectivity index (χ0v) is 18.8. The second-order valence-electron chi connectivity index (χ2n) is 8.10. The van der Waals surface area contributed by atoms with E-state index >= 15 is 0 Å². The van der Waals surface area contributed by atoms with Crippen molar-refractivity contribution in [1.29, 1.82) is 0 Å². The molecular weight excluding hydrogens is 428 g/mol. The predicted octanol–water partition coefficient (Wildman–Crippen LogP) is 4.71. The lowest BCUT2D eigenvalue weighted by atomic mass is 10.0. The molecule has 3 heterocycles. The Bertz CT molecular complexity index is 1070. The van der Waals surface area contributed by atoms with Gasteiger partial charge in [-0.05, 0) is 37.1 Å². The predicted molar refractivity (Wildman–Crippen MR) is 123 cm³/mol. The highest BCUT2D eigenvalue weighted by atomic mass is 19.3. The molecule has 2 aromatic heterocycles. The van der Waals surface area contributed by atoms with Gasteiger partial charge in [-0.3, -0.25) is 0 Å². The van der Waals surface area contributed by atoms with Gasteiger partial charge in [-0.25, -0.2) is 18.7 Å². The molecule has 1 aliphatic heterocycles. The van der Waals surface area contributed by atoms with E-state index in [1.807, 2.05) is 32.0 Å². The van der Waals surface area contributed by atoms with Crippen LogP contribution in [0.3, 0.4) is 0 Å². The van der Waals surface area contributed by atoms with Gasteiger partial charge < -0.3 is 19.7 Å². The van der Waals surface area contributed by atoms with Crippen LogP contribution in [0.2, 0.25) is 0 Å². The average Bonchev–Trinajstić information content (AvgIpc) is 2.79. The van der Waals surface area contributed by atoms with E-state index < -0.39 is 6.43 Å². The fourth-order valence-corrected chi connectivity index (χ4v) is 3.92. The molecule has 1 N–H and O–H groups in total. The maximum Gasteiger partial charge on any atom is 0.242 e. The number of nitrogens with zero attached hydrogens (tertiary/aromatic N) is 4. The van der Waals surface area contributed by atoms with Crippen LogP contribution in [0.25, 0.3) is 11.1 Å². The largest absolute Gasteiger partial charge is 0.480 e. The van der Waals surface area contributed by atoms with E-state index in [0.29, 0.717) is 28.9 Å². The van der Waals surface area contributed by atoms with Crippen LogP contribution in [0.15, 0.2) is 48.8 Å². The Balaban J connectivity index is 1.57. The van der Waals surface area contributed by atoms with Crippen LogP contribution in [0.5, 0.6) is 5.88 Å². The first-order chi connectivity index (χ1) is 15.9. The van der Waals surface area contributed by atoms with Gasteiger partial charge in [0.25, 0.3) is 0 Å². The number of hydrogen-bond donors (Lipinski definition) is 1. The van der Waals surface area contributed by atoms with Crippen molar-refractivity contribution in [2.75, 3.05) is 30.4 Å². The number of ether oxygens (including phenoxy) is 2. The Morgan fingerprint density at radius 1 is 1.09 bits per heavy atom. The van der Waals surface area contributed by atoms with Gasteiger partial charge in [0.15, 0.2) is 0 Å². The Hall–Kier alpha value is -3.33. The summed E-state index contributed by atoms with van der Waals surface area (Å²) in [4.78, 5) is 15.6. The number of aromatic nitrogens is 3. The molecule has 4 rings (SSSR count). The van der Waals surface area contributed by atoms with E-state index in [1.54, 1.807) is 37.7 Å². The van der Waals surface area contributed by atoms with Gasteiger partial charge >= 0.3 is 0 Å². The molecule has 174 valence electrons. The number of pyridine rings is 1. The number of alkyl halides is 2. The number of anilines is 3. The van der Waals surface area contributed by atoms with E-state index in [2.05, 4.69) is 25.2 Å². The zero-order chi connectivity index (χ0) is 23.4. The standard InChI is InChI=1S/C24H27F2N5O2/c1-15-13-31(14-16(2)33-15)24-27-9-8-22(30-24)29-20-11-19(12-28-23(20)32-3)18-6-4-17(5-7-18)10-21(25)26/h4-9,11-12,15-16,21H,10,13-14H2,1-3H3,(H,27,29,30)/t15-,16+. The van der Waals surface area contributed by atoms with Crippen molar-refractivity contribution in [3.8, 4) is 17.0 Å². The second kappa shape index (κ2) is 10.1. The van der Waals surface area contributed by atoms with Crippen LogP contribution in [-0.2, 0) is 11.2 Å². The normalized spacial score (nSPS) is 18.4. The number of rotatable bonds is 7. The molecule has 0 amide bonds. The highest BCUT2D eigenvalue weighted by Crippen LogP contribution is 2.31. The molecule has 0 unspecified atom stereocenters. The number of benzene rings is 1. The van der Waals surface area contributed by atoms with Gasteiger partial charge in [0, 0.05) is 37.5 Å². The van der Waals surface area contributed by atoms with Crippen molar-refractivity contribution in [3.63, 3.8) is 0 Å². The molecule has 0 aliphatic carbocycles. The number of morpholine rings is 1. The molecule has 1 fully saturated rings. The Kier molecular flexibility index (Phi) is 6.98. The third-order valence-electron chi connectivity index (χ3n) is 5.33. The minimum atomic E-state index is -2.36. The van der Waals surface area contributed by atoms with Gasteiger partial charge in [-0.1, -0.05) is 24.3 Å². The van der Waals surface area contributed by atoms with Gasteiger partial charge in [0.2, 0.25) is 18.3 Å². The Morgan fingerprint density at radius 3 is 2.48 bits per heavy atom. The lowest BCUT2D eigenvalue weighted by Crippen LogP contribution is -2.46. The lowest BCUT2D eigenvalue weighted by Gasteiger charge is -2.35. The Labute approximate surface area is 191 Å². The summed E-state index contributed by atoms with van der Waals surface area (Å²) in [5.41, 5.74) is 2.92. The fraction of sp³-hybridized carbons (Fsp3) is 0.375. The summed E-state index contributed by atoms with van der Waals surface area (Å²) in [6, 6.07) is 10.7. The topological polar surface area (TPSA) is 72.4 Å². The third-order valence-corrected chi connectivity index (χ3v) is 5.33. The highest BCUT2D eigenvalue weighted by Gasteiger charge is 2.24. The molecule has 3 aromatic rings. The maximum absolute atomic E-state index is 12.6. The summed E-state index contributed by atoms with van der Waals surface area (Å²) < 4.78 is 36.5. The smallest absolute Gasteiger partial charge is 0.242 e. The van der Waals surface area contributed by atoms with Crippen LogP contribution in [0, 0.1) is 0 Å².